The van der Waals surface area contributed by atoms with Crippen molar-refractivity contribution in [1.29, 1.82) is 0 Å². The third-order valence-electron chi connectivity index (χ3n) is 5.70. The maximum Gasteiger partial charge on any atom is 0.243 e. The number of nitrogens with zero attached hydrogens (tertiary/aromatic N) is 1. The molecule has 2 aromatic rings. The van der Waals surface area contributed by atoms with Crippen molar-refractivity contribution in [2.45, 2.75) is 38.0 Å². The van der Waals surface area contributed by atoms with Crippen LogP contribution in [0.25, 0.3) is 0 Å². The van der Waals surface area contributed by atoms with Gasteiger partial charge in [-0.1, -0.05) is 24.3 Å². The Balaban J connectivity index is 1.42. The number of para-hydroxylation sites is 1. The molecule has 0 atom stereocenters. The zero-order chi connectivity index (χ0) is 21.6. The van der Waals surface area contributed by atoms with E-state index in [9.17, 15) is 13.2 Å². The Morgan fingerprint density at radius 2 is 1.70 bits per heavy atom. The molecule has 0 aliphatic carbocycles. The molecule has 0 saturated carbocycles. The van der Waals surface area contributed by atoms with Crippen LogP contribution in [0.4, 0.5) is 5.69 Å². The SMILES string of the molecule is Cc1ccc(S(=O)(=O)N2CCC(C(=O)NCCCNc3ccccc3)CC2)cc1C. The van der Waals surface area contributed by atoms with Crippen molar-refractivity contribution in [1.82, 2.24) is 9.62 Å². The molecule has 1 aliphatic heterocycles. The van der Waals surface area contributed by atoms with E-state index in [4.69, 9.17) is 0 Å². The van der Waals surface area contributed by atoms with Crippen molar-refractivity contribution < 1.29 is 13.2 Å². The van der Waals surface area contributed by atoms with Crippen molar-refractivity contribution >= 4 is 21.6 Å². The van der Waals surface area contributed by atoms with E-state index in [0.29, 0.717) is 37.4 Å². The topological polar surface area (TPSA) is 78.5 Å². The Bertz CT molecular complexity index is 953. The van der Waals surface area contributed by atoms with Crippen LogP contribution in [0.1, 0.15) is 30.4 Å². The Morgan fingerprint density at radius 1 is 1.00 bits per heavy atom. The van der Waals surface area contributed by atoms with E-state index in [1.54, 1.807) is 12.1 Å². The van der Waals surface area contributed by atoms with Crippen LogP contribution in [0.3, 0.4) is 0 Å². The van der Waals surface area contributed by atoms with E-state index in [1.165, 1.54) is 4.31 Å². The highest BCUT2D eigenvalue weighted by atomic mass is 32.2. The number of piperidine rings is 1. The van der Waals surface area contributed by atoms with Gasteiger partial charge >= 0.3 is 0 Å². The average molecular weight is 430 g/mol. The van der Waals surface area contributed by atoms with Crippen LogP contribution < -0.4 is 10.6 Å². The molecule has 162 valence electrons. The molecule has 7 heteroatoms. The van der Waals surface area contributed by atoms with Gasteiger partial charge < -0.3 is 10.6 Å². The van der Waals surface area contributed by atoms with Crippen LogP contribution in [0.15, 0.2) is 53.4 Å². The molecule has 1 aliphatic rings. The maximum atomic E-state index is 12.9. The third-order valence-corrected chi connectivity index (χ3v) is 7.59. The second kappa shape index (κ2) is 10.1. The van der Waals surface area contributed by atoms with Gasteiger partial charge in [0.05, 0.1) is 4.90 Å². The summed E-state index contributed by atoms with van der Waals surface area (Å²) in [5, 5.41) is 6.31. The summed E-state index contributed by atoms with van der Waals surface area (Å²) in [4.78, 5) is 12.8. The average Bonchev–Trinajstić information content (AvgIpc) is 2.76. The van der Waals surface area contributed by atoms with Crippen LogP contribution in [0.5, 0.6) is 0 Å². The number of sulfonamides is 1. The molecule has 6 nitrogen and oxygen atoms in total. The van der Waals surface area contributed by atoms with Gasteiger partial charge in [-0.25, -0.2) is 8.42 Å². The van der Waals surface area contributed by atoms with E-state index in [-0.39, 0.29) is 11.8 Å². The number of carbonyl (C=O) groups is 1. The Labute approximate surface area is 179 Å². The molecule has 1 amide bonds. The lowest BCUT2D eigenvalue weighted by Gasteiger charge is -2.30. The van der Waals surface area contributed by atoms with Crippen molar-refractivity contribution in [2.24, 2.45) is 5.92 Å². The summed E-state index contributed by atoms with van der Waals surface area (Å²) in [6.07, 6.45) is 1.94. The zero-order valence-corrected chi connectivity index (χ0v) is 18.5. The first kappa shape index (κ1) is 22.3. The fourth-order valence-electron chi connectivity index (χ4n) is 3.61. The van der Waals surface area contributed by atoms with E-state index >= 15 is 0 Å². The van der Waals surface area contributed by atoms with Crippen LogP contribution in [-0.4, -0.2) is 44.8 Å². The number of anilines is 1. The summed E-state index contributed by atoms with van der Waals surface area (Å²) < 4.78 is 27.3. The van der Waals surface area contributed by atoms with Crippen LogP contribution in [0.2, 0.25) is 0 Å². The van der Waals surface area contributed by atoms with Gasteiger partial charge in [0.25, 0.3) is 0 Å². The van der Waals surface area contributed by atoms with Crippen molar-refractivity contribution in [3.8, 4) is 0 Å². The Kier molecular flexibility index (Phi) is 7.50. The minimum Gasteiger partial charge on any atom is -0.385 e. The van der Waals surface area contributed by atoms with Crippen LogP contribution >= 0.6 is 0 Å². The highest BCUT2D eigenvalue weighted by Crippen LogP contribution is 2.25. The molecule has 0 aromatic heterocycles. The standard InChI is InChI=1S/C23H31N3O3S/c1-18-9-10-22(17-19(18)2)30(28,29)26-15-11-20(12-16-26)23(27)25-14-6-13-24-21-7-4-3-5-8-21/h3-5,7-10,17,20,24H,6,11-16H2,1-2H3,(H,25,27). The predicted molar refractivity (Wildman–Crippen MR) is 120 cm³/mol. The van der Waals surface area contributed by atoms with Gasteiger partial charge in [-0.15, -0.1) is 0 Å². The Morgan fingerprint density at radius 3 is 2.37 bits per heavy atom. The summed E-state index contributed by atoms with van der Waals surface area (Å²) in [5.41, 5.74) is 3.11. The van der Waals surface area contributed by atoms with Gasteiger partial charge in [-0.2, -0.15) is 4.31 Å². The Hall–Kier alpha value is -2.38. The molecule has 0 unspecified atom stereocenters. The summed E-state index contributed by atoms with van der Waals surface area (Å²) in [5.74, 6) is -0.101. The first-order valence-corrected chi connectivity index (χ1v) is 12.0. The summed E-state index contributed by atoms with van der Waals surface area (Å²) in [7, 11) is -3.51. The molecule has 2 aromatic carbocycles. The minimum atomic E-state index is -3.51. The summed E-state index contributed by atoms with van der Waals surface area (Å²) in [6, 6.07) is 15.2. The molecular weight excluding hydrogens is 398 g/mol. The number of hydrogen-bond acceptors (Lipinski definition) is 4. The molecule has 0 spiro atoms. The molecule has 3 rings (SSSR count). The monoisotopic (exact) mass is 429 g/mol. The highest BCUT2D eigenvalue weighted by molar-refractivity contribution is 7.89. The lowest BCUT2D eigenvalue weighted by atomic mass is 9.97. The number of rotatable bonds is 8. The van der Waals surface area contributed by atoms with Gasteiger partial charge in [0.2, 0.25) is 15.9 Å². The fourth-order valence-corrected chi connectivity index (χ4v) is 5.17. The number of nitrogens with one attached hydrogen (secondary N) is 2. The van der Waals surface area contributed by atoms with E-state index in [2.05, 4.69) is 10.6 Å². The minimum absolute atomic E-state index is 0.0259. The van der Waals surface area contributed by atoms with Crippen LogP contribution in [-0.2, 0) is 14.8 Å². The van der Waals surface area contributed by atoms with Gasteiger partial charge in [0.1, 0.15) is 0 Å². The van der Waals surface area contributed by atoms with E-state index in [0.717, 1.165) is 29.8 Å². The van der Waals surface area contributed by atoms with Crippen molar-refractivity contribution in [3.63, 3.8) is 0 Å². The molecule has 0 bridgehead atoms. The third kappa shape index (κ3) is 5.61. The number of aryl methyl sites for hydroxylation is 2. The molecule has 1 fully saturated rings. The van der Waals surface area contributed by atoms with Gasteiger partial charge in [-0.3, -0.25) is 4.79 Å². The number of amides is 1. The first-order chi connectivity index (χ1) is 14.4. The first-order valence-electron chi connectivity index (χ1n) is 10.5. The molecule has 1 heterocycles. The normalized spacial score (nSPS) is 15.7. The van der Waals surface area contributed by atoms with Gasteiger partial charge in [0, 0.05) is 37.8 Å². The van der Waals surface area contributed by atoms with Crippen molar-refractivity contribution in [2.75, 3.05) is 31.5 Å². The highest BCUT2D eigenvalue weighted by Gasteiger charge is 2.32. The second-order valence-electron chi connectivity index (χ2n) is 7.86. The smallest absolute Gasteiger partial charge is 0.243 e. The zero-order valence-electron chi connectivity index (χ0n) is 17.7. The predicted octanol–water partition coefficient (Wildman–Crippen LogP) is 3.32. The number of hydrogen-bond donors (Lipinski definition) is 2. The molecule has 1 saturated heterocycles. The molecule has 0 radical (unpaired) electrons. The van der Waals surface area contributed by atoms with Gasteiger partial charge in [-0.05, 0) is 68.5 Å². The lowest BCUT2D eigenvalue weighted by Crippen LogP contribution is -2.43. The molecule has 2 N–H and O–H groups in total. The number of carbonyl (C=O) groups excluding carboxylic acids is 1. The summed E-state index contributed by atoms with van der Waals surface area (Å²) >= 11 is 0. The largest absolute Gasteiger partial charge is 0.385 e. The maximum absolute atomic E-state index is 12.9. The fraction of sp³-hybridized carbons (Fsp3) is 0.435. The number of benzene rings is 2. The van der Waals surface area contributed by atoms with Crippen LogP contribution in [0, 0.1) is 19.8 Å². The van der Waals surface area contributed by atoms with Crippen molar-refractivity contribution in [3.05, 3.63) is 59.7 Å². The van der Waals surface area contributed by atoms with Gasteiger partial charge in [0.15, 0.2) is 0 Å². The molecule has 30 heavy (non-hydrogen) atoms. The summed E-state index contributed by atoms with van der Waals surface area (Å²) in [6.45, 7) is 6.04. The van der Waals surface area contributed by atoms with E-state index in [1.807, 2.05) is 50.2 Å². The quantitative estimate of drug-likeness (QED) is 0.631. The van der Waals surface area contributed by atoms with E-state index < -0.39 is 10.0 Å². The molecular formula is C23H31N3O3S. The second-order valence-corrected chi connectivity index (χ2v) is 9.80. The lowest BCUT2D eigenvalue weighted by molar-refractivity contribution is -0.126.